The smallest absolute Gasteiger partial charge is 0.495 e. The van der Waals surface area contributed by atoms with E-state index in [0.717, 1.165) is 0 Å². The third-order valence-corrected chi connectivity index (χ3v) is 3.68. The molecule has 1 atom stereocenters. The van der Waals surface area contributed by atoms with Crippen molar-refractivity contribution < 1.29 is 23.4 Å². The fraction of sp³-hybridized carbons (Fsp3) is 0.824. The van der Waals surface area contributed by atoms with Crippen molar-refractivity contribution in [2.75, 3.05) is 0 Å². The maximum atomic E-state index is 14.0. The van der Waals surface area contributed by atoms with E-state index < -0.39 is 23.5 Å². The normalized spacial score (nSPS) is 14.5. The van der Waals surface area contributed by atoms with Crippen molar-refractivity contribution in [3.05, 3.63) is 12.3 Å². The average molecular weight is 318 g/mol. The number of alkyl halides is 1. The number of hydrogen-bond acceptors (Lipinski definition) is 4. The van der Waals surface area contributed by atoms with Crippen LogP contribution in [0.25, 0.3) is 0 Å². The largest absolute Gasteiger partial charge is 0.511 e. The molecule has 0 radical (unpaired) electrons. The quantitative estimate of drug-likeness (QED) is 0.454. The number of carbonyl (C=O) groups excluding carboxylic acids is 1. The summed E-state index contributed by atoms with van der Waals surface area (Å²) in [5, 5.41) is 0. The lowest BCUT2D eigenvalue weighted by Gasteiger charge is -2.41. The summed E-state index contributed by atoms with van der Waals surface area (Å²) in [7, 11) is 0. The third-order valence-electron chi connectivity index (χ3n) is 3.68. The molecule has 0 aliphatic rings. The van der Waals surface area contributed by atoms with Gasteiger partial charge >= 0.3 is 6.16 Å². The lowest BCUT2D eigenvalue weighted by Crippen LogP contribution is -2.42. The first-order valence-electron chi connectivity index (χ1n) is 7.73. The molecule has 0 aromatic rings. The molecule has 0 heterocycles. The Morgan fingerprint density at radius 3 is 2.09 bits per heavy atom. The fourth-order valence-electron chi connectivity index (χ4n) is 1.54. The molecule has 0 spiro atoms. The highest BCUT2D eigenvalue weighted by Crippen LogP contribution is 2.39. The first-order chi connectivity index (χ1) is 9.87. The van der Waals surface area contributed by atoms with Gasteiger partial charge in [0.1, 0.15) is 5.60 Å². The first kappa shape index (κ1) is 20.7. The van der Waals surface area contributed by atoms with Gasteiger partial charge in [-0.15, -0.1) is 0 Å². The van der Waals surface area contributed by atoms with Crippen molar-refractivity contribution in [1.82, 2.24) is 0 Å². The van der Waals surface area contributed by atoms with Gasteiger partial charge < -0.3 is 14.2 Å². The Morgan fingerprint density at radius 2 is 1.64 bits per heavy atom. The van der Waals surface area contributed by atoms with Crippen molar-refractivity contribution in [2.24, 2.45) is 11.3 Å². The number of allylic oxidation sites excluding steroid dienone is 1. The van der Waals surface area contributed by atoms with Crippen LogP contribution in [-0.4, -0.2) is 24.2 Å². The van der Waals surface area contributed by atoms with Crippen molar-refractivity contribution in [1.29, 1.82) is 0 Å². The predicted molar refractivity (Wildman–Crippen MR) is 85.1 cm³/mol. The van der Waals surface area contributed by atoms with Crippen molar-refractivity contribution >= 4 is 6.16 Å². The number of rotatable bonds is 8. The summed E-state index contributed by atoms with van der Waals surface area (Å²) in [5.41, 5.74) is -1.17. The Kier molecular flexibility index (Phi) is 7.91. The number of hydrogen-bond donors (Lipinski definition) is 0. The molecule has 0 aliphatic carbocycles. The highest BCUT2D eigenvalue weighted by atomic mass is 19.1. The van der Waals surface area contributed by atoms with Crippen LogP contribution in [0.3, 0.4) is 0 Å². The number of halogens is 1. The summed E-state index contributed by atoms with van der Waals surface area (Å²) >= 11 is 0. The average Bonchev–Trinajstić information content (AvgIpc) is 2.24. The standard InChI is InChI=1S/C17H31FO4/c1-12(2)9-10-20-17(7,8)16(5,6)11-14(18)22-15(19)21-13(3)4/h9-10,12-14H,11H2,1-8H3/b10-9+. The molecule has 22 heavy (non-hydrogen) atoms. The van der Waals surface area contributed by atoms with Crippen LogP contribution in [0.5, 0.6) is 0 Å². The molecular formula is C17H31FO4. The van der Waals surface area contributed by atoms with Crippen LogP contribution in [0.4, 0.5) is 9.18 Å². The molecule has 0 rings (SSSR count). The Balaban J connectivity index is 4.61. The van der Waals surface area contributed by atoms with E-state index in [4.69, 9.17) is 9.47 Å². The Labute approximate surface area is 134 Å². The van der Waals surface area contributed by atoms with E-state index in [0.29, 0.717) is 5.92 Å². The molecule has 1 unspecified atom stereocenters. The van der Waals surface area contributed by atoms with Crippen molar-refractivity contribution in [3.8, 4) is 0 Å². The summed E-state index contributed by atoms with van der Waals surface area (Å²) in [4.78, 5) is 11.3. The zero-order chi connectivity index (χ0) is 17.6. The minimum absolute atomic E-state index is 0.0166. The monoisotopic (exact) mass is 318 g/mol. The lowest BCUT2D eigenvalue weighted by atomic mass is 9.74. The van der Waals surface area contributed by atoms with Crippen LogP contribution in [0.2, 0.25) is 0 Å². The molecule has 0 aromatic carbocycles. The molecule has 130 valence electrons. The van der Waals surface area contributed by atoms with Crippen LogP contribution < -0.4 is 0 Å². The minimum Gasteiger partial charge on any atom is -0.495 e. The predicted octanol–water partition coefficient (Wildman–Crippen LogP) is 5.22. The summed E-state index contributed by atoms with van der Waals surface area (Å²) in [6.45, 7) is 15.0. The van der Waals surface area contributed by atoms with Crippen LogP contribution >= 0.6 is 0 Å². The Hall–Kier alpha value is -1.26. The third kappa shape index (κ3) is 7.66. The summed E-state index contributed by atoms with van der Waals surface area (Å²) in [6.07, 6.45) is 0.529. The van der Waals surface area contributed by atoms with Crippen LogP contribution in [0, 0.1) is 11.3 Å². The van der Waals surface area contributed by atoms with Gasteiger partial charge in [0.2, 0.25) is 6.36 Å². The molecule has 0 fully saturated rings. The van der Waals surface area contributed by atoms with E-state index in [-0.39, 0.29) is 12.5 Å². The molecular weight excluding hydrogens is 287 g/mol. The summed E-state index contributed by atoms with van der Waals surface area (Å²) in [6, 6.07) is 0. The number of carbonyl (C=O) groups is 1. The summed E-state index contributed by atoms with van der Waals surface area (Å²) in [5.74, 6) is 0.377. The molecule has 0 aliphatic heterocycles. The SMILES string of the molecule is CC(C)/C=C/OC(C)(C)C(C)(C)CC(F)OC(=O)OC(C)C. The molecule has 0 saturated heterocycles. The van der Waals surface area contributed by atoms with Gasteiger partial charge in [0, 0.05) is 11.8 Å². The highest BCUT2D eigenvalue weighted by molar-refractivity contribution is 5.60. The van der Waals surface area contributed by atoms with E-state index in [2.05, 4.69) is 4.74 Å². The van der Waals surface area contributed by atoms with Gasteiger partial charge in [-0.05, 0) is 39.7 Å². The second-order valence-electron chi connectivity index (χ2n) is 7.23. The molecule has 4 nitrogen and oxygen atoms in total. The van der Waals surface area contributed by atoms with E-state index >= 15 is 0 Å². The van der Waals surface area contributed by atoms with E-state index in [9.17, 15) is 9.18 Å². The molecule has 0 amide bonds. The van der Waals surface area contributed by atoms with Gasteiger partial charge in [0.05, 0.1) is 12.4 Å². The molecule has 0 saturated carbocycles. The molecule has 0 N–H and O–H groups in total. The molecule has 0 bridgehead atoms. The van der Waals surface area contributed by atoms with E-state index in [1.807, 2.05) is 47.6 Å². The van der Waals surface area contributed by atoms with Crippen molar-refractivity contribution in [2.45, 2.75) is 79.9 Å². The van der Waals surface area contributed by atoms with Crippen LogP contribution in [-0.2, 0) is 14.2 Å². The first-order valence-corrected chi connectivity index (χ1v) is 7.73. The zero-order valence-electron chi connectivity index (χ0n) is 15.1. The highest BCUT2D eigenvalue weighted by Gasteiger charge is 2.41. The number of ether oxygens (including phenoxy) is 3. The maximum absolute atomic E-state index is 14.0. The molecule has 5 heteroatoms. The van der Waals surface area contributed by atoms with E-state index in [1.54, 1.807) is 20.1 Å². The van der Waals surface area contributed by atoms with Crippen molar-refractivity contribution in [3.63, 3.8) is 0 Å². The fourth-order valence-corrected chi connectivity index (χ4v) is 1.54. The van der Waals surface area contributed by atoms with Gasteiger partial charge in [0.25, 0.3) is 0 Å². The van der Waals surface area contributed by atoms with Gasteiger partial charge in [-0.1, -0.05) is 27.7 Å². The minimum atomic E-state index is -1.74. The topological polar surface area (TPSA) is 44.8 Å². The molecule has 0 aromatic heterocycles. The van der Waals surface area contributed by atoms with Gasteiger partial charge in [0.15, 0.2) is 0 Å². The van der Waals surface area contributed by atoms with E-state index in [1.165, 1.54) is 0 Å². The second kappa shape index (κ2) is 8.39. The van der Waals surface area contributed by atoms with Gasteiger partial charge in [-0.2, -0.15) is 0 Å². The Bertz CT molecular complexity index is 373. The van der Waals surface area contributed by atoms with Gasteiger partial charge in [-0.3, -0.25) is 0 Å². The zero-order valence-corrected chi connectivity index (χ0v) is 15.1. The second-order valence-corrected chi connectivity index (χ2v) is 7.23. The maximum Gasteiger partial charge on any atom is 0.511 e. The lowest BCUT2D eigenvalue weighted by molar-refractivity contribution is -0.106. The summed E-state index contributed by atoms with van der Waals surface area (Å²) < 4.78 is 29.1. The van der Waals surface area contributed by atoms with Gasteiger partial charge in [-0.25, -0.2) is 9.18 Å². The van der Waals surface area contributed by atoms with Crippen LogP contribution in [0.15, 0.2) is 12.3 Å². The Morgan fingerprint density at radius 1 is 1.09 bits per heavy atom. The van der Waals surface area contributed by atoms with Crippen LogP contribution in [0.1, 0.15) is 61.8 Å².